The highest BCUT2D eigenvalue weighted by Gasteiger charge is 2.18. The Kier molecular flexibility index (Phi) is 6.12. The lowest BCUT2D eigenvalue weighted by atomic mass is 10.1. The van der Waals surface area contributed by atoms with Crippen molar-refractivity contribution in [2.24, 2.45) is 0 Å². The monoisotopic (exact) mass is 425 g/mol. The third kappa shape index (κ3) is 4.81. The van der Waals surface area contributed by atoms with Gasteiger partial charge in [-0.05, 0) is 48.4 Å². The Morgan fingerprint density at radius 1 is 1.00 bits per heavy atom. The van der Waals surface area contributed by atoms with Crippen LogP contribution in [-0.2, 0) is 16.4 Å². The van der Waals surface area contributed by atoms with Crippen molar-refractivity contribution in [2.75, 3.05) is 10.0 Å². The Labute approximate surface area is 173 Å². The van der Waals surface area contributed by atoms with Gasteiger partial charge in [-0.15, -0.1) is 0 Å². The summed E-state index contributed by atoms with van der Waals surface area (Å²) in [4.78, 5) is 22.5. The number of rotatable bonds is 7. The maximum absolute atomic E-state index is 12.5. The first-order chi connectivity index (χ1) is 14.3. The van der Waals surface area contributed by atoms with Gasteiger partial charge in [-0.3, -0.25) is 19.6 Å². The van der Waals surface area contributed by atoms with E-state index in [0.29, 0.717) is 5.56 Å². The Bertz CT molecular complexity index is 1190. The van der Waals surface area contributed by atoms with E-state index < -0.39 is 14.9 Å². The van der Waals surface area contributed by atoms with E-state index in [1.54, 1.807) is 0 Å². The summed E-state index contributed by atoms with van der Waals surface area (Å²) in [6.07, 6.45) is 0.773. The Morgan fingerprint density at radius 2 is 1.70 bits per heavy atom. The zero-order valence-electron chi connectivity index (χ0n) is 16.0. The van der Waals surface area contributed by atoms with Crippen LogP contribution in [-0.4, -0.2) is 19.2 Å². The molecule has 0 bridgehead atoms. The molecular formula is C21H19N3O5S. The van der Waals surface area contributed by atoms with Crippen LogP contribution in [0.2, 0.25) is 0 Å². The molecule has 0 atom stereocenters. The summed E-state index contributed by atoms with van der Waals surface area (Å²) < 4.78 is 27.3. The molecule has 0 radical (unpaired) electrons. The summed E-state index contributed by atoms with van der Waals surface area (Å²) in [6, 6.07) is 18.1. The van der Waals surface area contributed by atoms with Crippen molar-refractivity contribution < 1.29 is 18.1 Å². The molecule has 3 rings (SSSR count). The third-order valence-electron chi connectivity index (χ3n) is 4.38. The number of anilines is 2. The average molecular weight is 425 g/mol. The number of hydrogen-bond donors (Lipinski definition) is 2. The van der Waals surface area contributed by atoms with Gasteiger partial charge < -0.3 is 5.32 Å². The summed E-state index contributed by atoms with van der Waals surface area (Å²) in [6.45, 7) is 1.99. The van der Waals surface area contributed by atoms with Crippen LogP contribution in [0.25, 0.3) is 0 Å². The standard InChI is InChI=1S/C21H19N3O5S/c1-2-15-6-3-4-9-20(15)22-21(25)16-10-12-17(13-11-16)23-30(28,29)19-8-5-7-18(14-19)24(26)27/h3-14,23H,2H2,1H3,(H,22,25). The fourth-order valence-electron chi connectivity index (χ4n) is 2.81. The van der Waals surface area contributed by atoms with Gasteiger partial charge >= 0.3 is 0 Å². The van der Waals surface area contributed by atoms with E-state index in [-0.39, 0.29) is 22.2 Å². The topological polar surface area (TPSA) is 118 Å². The number of carbonyl (C=O) groups excluding carboxylic acids is 1. The van der Waals surface area contributed by atoms with Crippen molar-refractivity contribution in [3.8, 4) is 0 Å². The summed E-state index contributed by atoms with van der Waals surface area (Å²) in [5, 5.41) is 13.7. The fourth-order valence-corrected chi connectivity index (χ4v) is 3.91. The summed E-state index contributed by atoms with van der Waals surface area (Å²) >= 11 is 0. The van der Waals surface area contributed by atoms with Crippen LogP contribution in [0.15, 0.2) is 77.7 Å². The van der Waals surface area contributed by atoms with Crippen LogP contribution >= 0.6 is 0 Å². The molecule has 3 aromatic carbocycles. The van der Waals surface area contributed by atoms with Crippen molar-refractivity contribution in [2.45, 2.75) is 18.2 Å². The normalized spacial score (nSPS) is 11.0. The number of non-ortho nitro benzene ring substituents is 1. The number of nitrogens with one attached hydrogen (secondary N) is 2. The molecule has 1 amide bonds. The molecule has 0 aliphatic rings. The quantitative estimate of drug-likeness (QED) is 0.434. The van der Waals surface area contributed by atoms with Gasteiger partial charge in [-0.2, -0.15) is 0 Å². The number of nitro benzene ring substituents is 1. The highest BCUT2D eigenvalue weighted by atomic mass is 32.2. The number of benzene rings is 3. The summed E-state index contributed by atoms with van der Waals surface area (Å²) in [5.74, 6) is -0.316. The van der Waals surface area contributed by atoms with Gasteiger partial charge in [0.25, 0.3) is 21.6 Å². The molecule has 0 heterocycles. The van der Waals surface area contributed by atoms with Crippen molar-refractivity contribution in [1.82, 2.24) is 0 Å². The van der Waals surface area contributed by atoms with E-state index >= 15 is 0 Å². The molecule has 8 nitrogen and oxygen atoms in total. The second-order valence-electron chi connectivity index (χ2n) is 6.40. The SMILES string of the molecule is CCc1ccccc1NC(=O)c1ccc(NS(=O)(=O)c2cccc([N+](=O)[O-])c2)cc1. The van der Waals surface area contributed by atoms with E-state index in [4.69, 9.17) is 0 Å². The summed E-state index contributed by atoms with van der Waals surface area (Å²) in [7, 11) is -4.02. The lowest BCUT2D eigenvalue weighted by molar-refractivity contribution is -0.385. The van der Waals surface area contributed by atoms with E-state index in [1.165, 1.54) is 42.5 Å². The van der Waals surface area contributed by atoms with E-state index in [1.807, 2.05) is 31.2 Å². The molecule has 0 unspecified atom stereocenters. The van der Waals surface area contributed by atoms with Crippen LogP contribution in [0.4, 0.5) is 17.1 Å². The zero-order chi connectivity index (χ0) is 21.7. The highest BCUT2D eigenvalue weighted by Crippen LogP contribution is 2.21. The molecule has 0 saturated carbocycles. The number of hydrogen-bond acceptors (Lipinski definition) is 5. The second kappa shape index (κ2) is 8.75. The van der Waals surface area contributed by atoms with Gasteiger partial charge in [0, 0.05) is 29.1 Å². The van der Waals surface area contributed by atoms with Crippen LogP contribution in [0.5, 0.6) is 0 Å². The molecule has 30 heavy (non-hydrogen) atoms. The third-order valence-corrected chi connectivity index (χ3v) is 5.76. The average Bonchev–Trinajstić information content (AvgIpc) is 2.74. The number of amides is 1. The lowest BCUT2D eigenvalue weighted by Crippen LogP contribution is -2.15. The smallest absolute Gasteiger partial charge is 0.270 e. The molecule has 2 N–H and O–H groups in total. The van der Waals surface area contributed by atoms with E-state index in [2.05, 4.69) is 10.0 Å². The van der Waals surface area contributed by atoms with Gasteiger partial charge in [-0.25, -0.2) is 8.42 Å². The van der Waals surface area contributed by atoms with Gasteiger partial charge in [0.05, 0.1) is 9.82 Å². The maximum atomic E-state index is 12.5. The van der Waals surface area contributed by atoms with Gasteiger partial charge in [-0.1, -0.05) is 31.2 Å². The largest absolute Gasteiger partial charge is 0.322 e. The molecule has 9 heteroatoms. The predicted octanol–water partition coefficient (Wildman–Crippen LogP) is 4.21. The molecule has 0 spiro atoms. The van der Waals surface area contributed by atoms with E-state index in [9.17, 15) is 23.3 Å². The first kappa shape index (κ1) is 21.0. The van der Waals surface area contributed by atoms with Crippen LogP contribution in [0.1, 0.15) is 22.8 Å². The Morgan fingerprint density at radius 3 is 2.37 bits per heavy atom. The zero-order valence-corrected chi connectivity index (χ0v) is 16.8. The number of carbonyl (C=O) groups is 1. The van der Waals surface area contributed by atoms with Crippen LogP contribution in [0, 0.1) is 10.1 Å². The molecule has 0 aliphatic carbocycles. The van der Waals surface area contributed by atoms with Gasteiger partial charge in [0.1, 0.15) is 0 Å². The number of nitro groups is 1. The minimum absolute atomic E-state index is 0.227. The van der Waals surface area contributed by atoms with Gasteiger partial charge in [0.15, 0.2) is 0 Å². The number of nitrogens with zero attached hydrogens (tertiary/aromatic N) is 1. The van der Waals surface area contributed by atoms with Crippen molar-refractivity contribution in [3.05, 3.63) is 94.0 Å². The molecule has 0 aromatic heterocycles. The highest BCUT2D eigenvalue weighted by molar-refractivity contribution is 7.92. The van der Waals surface area contributed by atoms with Crippen LogP contribution in [0.3, 0.4) is 0 Å². The molecule has 0 aliphatic heterocycles. The van der Waals surface area contributed by atoms with Crippen molar-refractivity contribution >= 4 is 33.0 Å². The first-order valence-corrected chi connectivity index (χ1v) is 10.5. The molecular weight excluding hydrogens is 406 g/mol. The molecule has 0 fully saturated rings. The first-order valence-electron chi connectivity index (χ1n) is 9.07. The molecule has 3 aromatic rings. The number of aryl methyl sites for hydroxylation is 1. The molecule has 154 valence electrons. The molecule has 0 saturated heterocycles. The summed E-state index contributed by atoms with van der Waals surface area (Å²) in [5.41, 5.74) is 2.00. The lowest BCUT2D eigenvalue weighted by Gasteiger charge is -2.11. The predicted molar refractivity (Wildman–Crippen MR) is 114 cm³/mol. The van der Waals surface area contributed by atoms with E-state index in [0.717, 1.165) is 23.7 Å². The van der Waals surface area contributed by atoms with Crippen molar-refractivity contribution in [3.63, 3.8) is 0 Å². The fraction of sp³-hybridized carbons (Fsp3) is 0.0952. The maximum Gasteiger partial charge on any atom is 0.270 e. The van der Waals surface area contributed by atoms with Crippen LogP contribution < -0.4 is 10.0 Å². The number of para-hydroxylation sites is 1. The minimum atomic E-state index is -4.02. The number of sulfonamides is 1. The van der Waals surface area contributed by atoms with Gasteiger partial charge in [0.2, 0.25) is 0 Å². The Balaban J connectivity index is 1.74. The second-order valence-corrected chi connectivity index (χ2v) is 8.08. The Hall–Kier alpha value is -3.72. The minimum Gasteiger partial charge on any atom is -0.322 e. The van der Waals surface area contributed by atoms with Crippen molar-refractivity contribution in [1.29, 1.82) is 0 Å².